The van der Waals surface area contributed by atoms with Crippen LogP contribution >= 0.6 is 0 Å². The topological polar surface area (TPSA) is 58.6 Å². The predicted molar refractivity (Wildman–Crippen MR) is 90.9 cm³/mol. The first-order valence-corrected chi connectivity index (χ1v) is 7.27. The highest BCUT2D eigenvalue weighted by Gasteiger charge is 2.12. The van der Waals surface area contributed by atoms with Crippen LogP contribution in [0.5, 0.6) is 5.75 Å². The quantitative estimate of drug-likeness (QED) is 0.923. The second kappa shape index (κ2) is 7.45. The van der Waals surface area contributed by atoms with Crippen LogP contribution in [0.1, 0.15) is 12.5 Å². The Bertz CT molecular complexity index is 696. The molecule has 5 heteroatoms. The number of amides is 2. The van der Waals surface area contributed by atoms with E-state index in [1.165, 1.54) is 11.8 Å². The average Bonchev–Trinajstić information content (AvgIpc) is 2.55. The summed E-state index contributed by atoms with van der Waals surface area (Å²) in [5.41, 5.74) is 2.17. The zero-order valence-electron chi connectivity index (χ0n) is 13.5. The minimum atomic E-state index is -0.139. The van der Waals surface area contributed by atoms with Crippen LogP contribution in [0.4, 0.5) is 11.4 Å². The molecule has 0 heterocycles. The van der Waals surface area contributed by atoms with E-state index in [-0.39, 0.29) is 18.2 Å². The van der Waals surface area contributed by atoms with Crippen molar-refractivity contribution in [3.8, 4) is 5.75 Å². The fraction of sp³-hybridized carbons (Fsp3) is 0.222. The van der Waals surface area contributed by atoms with Crippen LogP contribution < -0.4 is 15.0 Å². The standard InChI is InChI=1S/C18H20N2O3/c1-13(21)20(2)17-7-5-4-6-16(17)19-18(22)12-14-8-10-15(23-3)11-9-14/h4-11H,12H2,1-3H3,(H,19,22). The number of rotatable bonds is 5. The fourth-order valence-corrected chi connectivity index (χ4v) is 2.16. The summed E-state index contributed by atoms with van der Waals surface area (Å²) in [5.74, 6) is 0.518. The number of methoxy groups -OCH3 is 1. The molecular formula is C18H20N2O3. The Labute approximate surface area is 135 Å². The van der Waals surface area contributed by atoms with Gasteiger partial charge in [0.1, 0.15) is 5.75 Å². The summed E-state index contributed by atoms with van der Waals surface area (Å²) in [6.45, 7) is 1.48. The largest absolute Gasteiger partial charge is 0.497 e. The fourth-order valence-electron chi connectivity index (χ4n) is 2.16. The number of hydrogen-bond donors (Lipinski definition) is 1. The van der Waals surface area contributed by atoms with Crippen molar-refractivity contribution in [2.75, 3.05) is 24.4 Å². The normalized spacial score (nSPS) is 10.0. The summed E-state index contributed by atoms with van der Waals surface area (Å²) in [6.07, 6.45) is 0.252. The van der Waals surface area contributed by atoms with E-state index in [0.717, 1.165) is 11.3 Å². The van der Waals surface area contributed by atoms with Crippen molar-refractivity contribution in [3.05, 3.63) is 54.1 Å². The lowest BCUT2D eigenvalue weighted by molar-refractivity contribution is -0.117. The maximum Gasteiger partial charge on any atom is 0.228 e. The highest BCUT2D eigenvalue weighted by molar-refractivity contribution is 6.00. The summed E-state index contributed by atoms with van der Waals surface area (Å²) in [6, 6.07) is 14.6. The van der Waals surface area contributed by atoms with Gasteiger partial charge in [-0.2, -0.15) is 0 Å². The third-order valence-corrected chi connectivity index (χ3v) is 3.54. The van der Waals surface area contributed by atoms with Gasteiger partial charge in [-0.25, -0.2) is 0 Å². The molecule has 0 fully saturated rings. The molecule has 0 aliphatic rings. The van der Waals surface area contributed by atoms with Crippen LogP contribution in [0.25, 0.3) is 0 Å². The molecular weight excluding hydrogens is 292 g/mol. The Morgan fingerprint density at radius 2 is 1.74 bits per heavy atom. The number of ether oxygens (including phenoxy) is 1. The molecule has 0 spiro atoms. The van der Waals surface area contributed by atoms with E-state index >= 15 is 0 Å². The van der Waals surface area contributed by atoms with E-state index in [2.05, 4.69) is 5.32 Å². The molecule has 23 heavy (non-hydrogen) atoms. The van der Waals surface area contributed by atoms with Gasteiger partial charge in [0.15, 0.2) is 0 Å². The van der Waals surface area contributed by atoms with Crippen LogP contribution in [-0.2, 0) is 16.0 Å². The van der Waals surface area contributed by atoms with Gasteiger partial charge in [0.2, 0.25) is 11.8 Å². The zero-order valence-corrected chi connectivity index (χ0v) is 13.5. The molecule has 2 aromatic rings. The number of para-hydroxylation sites is 2. The van der Waals surface area contributed by atoms with Gasteiger partial charge in [0, 0.05) is 14.0 Å². The van der Waals surface area contributed by atoms with Gasteiger partial charge in [-0.15, -0.1) is 0 Å². The number of carbonyl (C=O) groups excluding carboxylic acids is 2. The summed E-state index contributed by atoms with van der Waals surface area (Å²) >= 11 is 0. The second-order valence-corrected chi connectivity index (χ2v) is 5.17. The second-order valence-electron chi connectivity index (χ2n) is 5.17. The Morgan fingerprint density at radius 3 is 2.35 bits per heavy atom. The average molecular weight is 312 g/mol. The molecule has 5 nitrogen and oxygen atoms in total. The molecule has 0 aromatic heterocycles. The van der Waals surface area contributed by atoms with Crippen LogP contribution in [0, 0.1) is 0 Å². The first kappa shape index (κ1) is 16.5. The molecule has 0 aliphatic heterocycles. The Kier molecular flexibility index (Phi) is 5.36. The van der Waals surface area contributed by atoms with Gasteiger partial charge in [0.05, 0.1) is 24.9 Å². The smallest absolute Gasteiger partial charge is 0.228 e. The molecule has 0 unspecified atom stereocenters. The van der Waals surface area contributed by atoms with Crippen molar-refractivity contribution in [1.82, 2.24) is 0 Å². The van der Waals surface area contributed by atoms with Crippen molar-refractivity contribution in [2.24, 2.45) is 0 Å². The van der Waals surface area contributed by atoms with Gasteiger partial charge in [-0.3, -0.25) is 9.59 Å². The summed E-state index contributed by atoms with van der Waals surface area (Å²) in [4.78, 5) is 25.3. The molecule has 0 saturated carbocycles. The number of hydrogen-bond acceptors (Lipinski definition) is 3. The Balaban J connectivity index is 2.09. The summed E-state index contributed by atoms with van der Waals surface area (Å²) in [7, 11) is 3.28. The molecule has 2 amide bonds. The number of anilines is 2. The molecule has 0 aliphatic carbocycles. The summed E-state index contributed by atoms with van der Waals surface area (Å²) in [5, 5.41) is 2.86. The van der Waals surface area contributed by atoms with Gasteiger partial charge in [-0.1, -0.05) is 24.3 Å². The summed E-state index contributed by atoms with van der Waals surface area (Å²) < 4.78 is 5.10. The lowest BCUT2D eigenvalue weighted by atomic mass is 10.1. The number of nitrogens with zero attached hydrogens (tertiary/aromatic N) is 1. The van der Waals surface area contributed by atoms with Crippen molar-refractivity contribution in [3.63, 3.8) is 0 Å². The van der Waals surface area contributed by atoms with Gasteiger partial charge in [0.25, 0.3) is 0 Å². The van der Waals surface area contributed by atoms with E-state index in [1.54, 1.807) is 26.3 Å². The lowest BCUT2D eigenvalue weighted by Gasteiger charge is -2.19. The first-order chi connectivity index (χ1) is 11.0. The zero-order chi connectivity index (χ0) is 16.8. The Hall–Kier alpha value is -2.82. The highest BCUT2D eigenvalue weighted by Crippen LogP contribution is 2.25. The number of nitrogens with one attached hydrogen (secondary N) is 1. The minimum Gasteiger partial charge on any atom is -0.497 e. The van der Waals surface area contributed by atoms with Crippen molar-refractivity contribution < 1.29 is 14.3 Å². The molecule has 0 bridgehead atoms. The van der Waals surface area contributed by atoms with E-state index in [9.17, 15) is 9.59 Å². The minimum absolute atomic E-state index is 0.0955. The molecule has 120 valence electrons. The van der Waals surface area contributed by atoms with E-state index in [4.69, 9.17) is 4.74 Å². The van der Waals surface area contributed by atoms with Crippen LogP contribution in [0.2, 0.25) is 0 Å². The van der Waals surface area contributed by atoms with Crippen molar-refractivity contribution >= 4 is 23.2 Å². The molecule has 0 atom stereocenters. The van der Waals surface area contributed by atoms with Crippen LogP contribution in [0.15, 0.2) is 48.5 Å². The molecule has 0 radical (unpaired) electrons. The van der Waals surface area contributed by atoms with E-state index in [0.29, 0.717) is 11.4 Å². The third-order valence-electron chi connectivity index (χ3n) is 3.54. The van der Waals surface area contributed by atoms with Crippen molar-refractivity contribution in [2.45, 2.75) is 13.3 Å². The van der Waals surface area contributed by atoms with Gasteiger partial charge < -0.3 is 15.0 Å². The number of carbonyl (C=O) groups is 2. The van der Waals surface area contributed by atoms with Crippen LogP contribution in [0.3, 0.4) is 0 Å². The molecule has 2 rings (SSSR count). The van der Waals surface area contributed by atoms with Crippen molar-refractivity contribution in [1.29, 1.82) is 0 Å². The van der Waals surface area contributed by atoms with Gasteiger partial charge in [-0.05, 0) is 29.8 Å². The number of benzene rings is 2. The lowest BCUT2D eigenvalue weighted by Crippen LogP contribution is -2.25. The highest BCUT2D eigenvalue weighted by atomic mass is 16.5. The predicted octanol–water partition coefficient (Wildman–Crippen LogP) is 2.86. The monoisotopic (exact) mass is 312 g/mol. The first-order valence-electron chi connectivity index (χ1n) is 7.27. The van der Waals surface area contributed by atoms with E-state index < -0.39 is 0 Å². The molecule has 2 aromatic carbocycles. The molecule has 1 N–H and O–H groups in total. The van der Waals surface area contributed by atoms with E-state index in [1.807, 2.05) is 36.4 Å². The maximum atomic E-state index is 12.2. The van der Waals surface area contributed by atoms with Crippen LogP contribution in [-0.4, -0.2) is 26.0 Å². The third kappa shape index (κ3) is 4.32. The molecule has 0 saturated heterocycles. The SMILES string of the molecule is COc1ccc(CC(=O)Nc2ccccc2N(C)C(C)=O)cc1. The maximum absolute atomic E-state index is 12.2. The Morgan fingerprint density at radius 1 is 1.09 bits per heavy atom. The van der Waals surface area contributed by atoms with Gasteiger partial charge >= 0.3 is 0 Å².